The second-order valence-corrected chi connectivity index (χ2v) is 9.80. The Labute approximate surface area is 188 Å². The number of piperidine rings is 1. The summed E-state index contributed by atoms with van der Waals surface area (Å²) >= 11 is 0. The largest absolute Gasteiger partial charge is 0.371 e. The van der Waals surface area contributed by atoms with Gasteiger partial charge in [0.15, 0.2) is 0 Å². The highest BCUT2D eigenvalue weighted by Crippen LogP contribution is 2.27. The predicted octanol–water partition coefficient (Wildman–Crippen LogP) is 4.45. The van der Waals surface area contributed by atoms with E-state index >= 15 is 0 Å². The van der Waals surface area contributed by atoms with E-state index in [9.17, 15) is 12.8 Å². The smallest absolute Gasteiger partial charge is 0.240 e. The van der Waals surface area contributed by atoms with E-state index < -0.39 is 10.0 Å². The van der Waals surface area contributed by atoms with Crippen LogP contribution in [0.25, 0.3) is 0 Å². The maximum Gasteiger partial charge on any atom is 0.240 e. The van der Waals surface area contributed by atoms with Gasteiger partial charge in [-0.25, -0.2) is 22.5 Å². The molecular formula is C24H27FN4O2S. The van der Waals surface area contributed by atoms with Crippen molar-refractivity contribution in [2.75, 3.05) is 30.4 Å². The molecule has 2 N–H and O–H groups in total. The van der Waals surface area contributed by atoms with Gasteiger partial charge in [0.05, 0.1) is 4.90 Å². The highest BCUT2D eigenvalue weighted by atomic mass is 32.2. The molecule has 2 aromatic carbocycles. The van der Waals surface area contributed by atoms with Crippen molar-refractivity contribution >= 4 is 27.2 Å². The summed E-state index contributed by atoms with van der Waals surface area (Å²) in [4.78, 5) is 7.34. The first-order valence-corrected chi connectivity index (χ1v) is 12.2. The van der Waals surface area contributed by atoms with Gasteiger partial charge < -0.3 is 10.2 Å². The van der Waals surface area contributed by atoms with Gasteiger partial charge in [0.1, 0.15) is 11.6 Å². The van der Waals surface area contributed by atoms with Crippen LogP contribution in [0.4, 0.5) is 21.6 Å². The van der Waals surface area contributed by atoms with Gasteiger partial charge in [-0.1, -0.05) is 12.1 Å². The molecule has 1 fully saturated rings. The Morgan fingerprint density at radius 2 is 1.66 bits per heavy atom. The molecule has 4 rings (SSSR count). The molecule has 1 aliphatic rings. The molecule has 0 saturated carbocycles. The zero-order chi connectivity index (χ0) is 22.6. The molecule has 0 spiro atoms. The fourth-order valence-electron chi connectivity index (χ4n) is 3.86. The van der Waals surface area contributed by atoms with Gasteiger partial charge in [0, 0.05) is 42.6 Å². The lowest BCUT2D eigenvalue weighted by Crippen LogP contribution is -2.29. The number of nitrogens with one attached hydrogen (secondary N) is 2. The molecule has 1 aromatic heterocycles. The molecule has 3 aromatic rings. The zero-order valence-electron chi connectivity index (χ0n) is 18.0. The lowest BCUT2D eigenvalue weighted by Gasteiger charge is -2.29. The number of aromatic nitrogens is 1. The van der Waals surface area contributed by atoms with Crippen molar-refractivity contribution in [2.24, 2.45) is 0 Å². The zero-order valence-corrected chi connectivity index (χ0v) is 18.8. The second kappa shape index (κ2) is 9.67. The monoisotopic (exact) mass is 454 g/mol. The molecule has 1 aliphatic heterocycles. The van der Waals surface area contributed by atoms with Crippen LogP contribution in [0.1, 0.15) is 30.5 Å². The third-order valence-corrected chi connectivity index (χ3v) is 7.02. The summed E-state index contributed by atoms with van der Waals surface area (Å²) in [5.74, 6) is 0.435. The van der Waals surface area contributed by atoms with Crippen molar-refractivity contribution < 1.29 is 12.8 Å². The number of benzene rings is 2. The van der Waals surface area contributed by atoms with Crippen LogP contribution in [-0.2, 0) is 16.4 Å². The van der Waals surface area contributed by atoms with Crippen molar-refractivity contribution in [3.05, 3.63) is 77.7 Å². The predicted molar refractivity (Wildman–Crippen MR) is 125 cm³/mol. The quantitative estimate of drug-likeness (QED) is 0.552. The minimum absolute atomic E-state index is 0.206. The molecule has 6 nitrogen and oxygen atoms in total. The summed E-state index contributed by atoms with van der Waals surface area (Å²) in [5, 5.41) is 3.30. The van der Waals surface area contributed by atoms with E-state index in [-0.39, 0.29) is 10.7 Å². The van der Waals surface area contributed by atoms with E-state index in [1.165, 1.54) is 38.4 Å². The minimum Gasteiger partial charge on any atom is -0.371 e. The number of hydrogen-bond acceptors (Lipinski definition) is 5. The molecule has 0 aliphatic carbocycles. The first kappa shape index (κ1) is 22.2. The van der Waals surface area contributed by atoms with Crippen LogP contribution in [0.15, 0.2) is 65.6 Å². The van der Waals surface area contributed by atoms with Crippen molar-refractivity contribution in [1.82, 2.24) is 9.71 Å². The van der Waals surface area contributed by atoms with Crippen LogP contribution >= 0.6 is 0 Å². The Balaban J connectivity index is 1.61. The van der Waals surface area contributed by atoms with E-state index in [0.717, 1.165) is 35.7 Å². The molecule has 2 heterocycles. The van der Waals surface area contributed by atoms with E-state index in [0.29, 0.717) is 12.2 Å². The molecule has 8 heteroatoms. The average molecular weight is 455 g/mol. The second-order valence-electron chi connectivity index (χ2n) is 7.91. The standard InChI is InChI=1S/C24H27FN4O2S/c1-26-32(30,31)23-11-9-20(10-12-23)27-24-17-22(29-13-3-2-4-14-29)16-21(28-24)15-18-5-7-19(25)8-6-18/h5-12,16-17,26H,2-4,13-15H2,1H3,(H,27,28). The SMILES string of the molecule is CNS(=O)(=O)c1ccc(Nc2cc(N3CCCCC3)cc(Cc3ccc(F)cc3)n2)cc1. The minimum atomic E-state index is -3.48. The van der Waals surface area contributed by atoms with Gasteiger partial charge in [0.2, 0.25) is 10.0 Å². The van der Waals surface area contributed by atoms with Crippen LogP contribution in [-0.4, -0.2) is 33.5 Å². The lowest BCUT2D eigenvalue weighted by molar-refractivity contribution is 0.577. The molecule has 32 heavy (non-hydrogen) atoms. The summed E-state index contributed by atoms with van der Waals surface area (Å²) in [7, 11) is -2.09. The third kappa shape index (κ3) is 5.44. The number of hydrogen-bond donors (Lipinski definition) is 2. The van der Waals surface area contributed by atoms with E-state index in [1.54, 1.807) is 36.4 Å². The molecule has 1 saturated heterocycles. The number of anilines is 3. The first-order chi connectivity index (χ1) is 15.4. The van der Waals surface area contributed by atoms with Crippen LogP contribution in [0.2, 0.25) is 0 Å². The van der Waals surface area contributed by atoms with Crippen LogP contribution in [0, 0.1) is 5.82 Å². The highest BCUT2D eigenvalue weighted by Gasteiger charge is 2.15. The first-order valence-electron chi connectivity index (χ1n) is 10.7. The molecule has 0 radical (unpaired) electrons. The maximum atomic E-state index is 13.3. The van der Waals surface area contributed by atoms with Crippen molar-refractivity contribution in [2.45, 2.75) is 30.6 Å². The summed E-state index contributed by atoms with van der Waals surface area (Å²) in [6.45, 7) is 2.02. The average Bonchev–Trinajstić information content (AvgIpc) is 2.81. The number of nitrogens with zero attached hydrogens (tertiary/aromatic N) is 2. The Morgan fingerprint density at radius 1 is 0.969 bits per heavy atom. The molecular weight excluding hydrogens is 427 g/mol. The Bertz CT molecular complexity index is 1160. The maximum absolute atomic E-state index is 13.3. The lowest BCUT2D eigenvalue weighted by atomic mass is 10.1. The van der Waals surface area contributed by atoms with E-state index in [2.05, 4.69) is 21.0 Å². The van der Waals surface area contributed by atoms with Crippen LogP contribution in [0.3, 0.4) is 0 Å². The number of sulfonamides is 1. The van der Waals surface area contributed by atoms with Crippen molar-refractivity contribution in [3.8, 4) is 0 Å². The van der Waals surface area contributed by atoms with Gasteiger partial charge in [-0.05, 0) is 74.3 Å². The van der Waals surface area contributed by atoms with Crippen molar-refractivity contribution in [1.29, 1.82) is 0 Å². The number of halogens is 1. The third-order valence-electron chi connectivity index (χ3n) is 5.59. The summed E-state index contributed by atoms with van der Waals surface area (Å²) in [6.07, 6.45) is 4.17. The normalized spacial score (nSPS) is 14.4. The van der Waals surface area contributed by atoms with Gasteiger partial charge in [0.25, 0.3) is 0 Å². The van der Waals surface area contributed by atoms with Crippen molar-refractivity contribution in [3.63, 3.8) is 0 Å². The van der Waals surface area contributed by atoms with Gasteiger partial charge in [-0.2, -0.15) is 0 Å². The highest BCUT2D eigenvalue weighted by molar-refractivity contribution is 7.89. The number of rotatable bonds is 7. The van der Waals surface area contributed by atoms with Gasteiger partial charge in [-0.3, -0.25) is 0 Å². The topological polar surface area (TPSA) is 74.3 Å². The van der Waals surface area contributed by atoms with Gasteiger partial charge in [-0.15, -0.1) is 0 Å². The molecule has 0 amide bonds. The Kier molecular flexibility index (Phi) is 6.72. The summed E-state index contributed by atoms with van der Waals surface area (Å²) < 4.78 is 39.5. The Hall–Kier alpha value is -2.97. The summed E-state index contributed by atoms with van der Waals surface area (Å²) in [6, 6.07) is 17.2. The molecule has 0 unspecified atom stereocenters. The van der Waals surface area contributed by atoms with Crippen LogP contribution in [0.5, 0.6) is 0 Å². The molecule has 0 atom stereocenters. The molecule has 0 bridgehead atoms. The van der Waals surface area contributed by atoms with E-state index in [4.69, 9.17) is 4.98 Å². The van der Waals surface area contributed by atoms with E-state index in [1.807, 2.05) is 6.07 Å². The fraction of sp³-hybridized carbons (Fsp3) is 0.292. The number of pyridine rings is 1. The van der Waals surface area contributed by atoms with Crippen LogP contribution < -0.4 is 14.9 Å². The molecule has 168 valence electrons. The fourth-order valence-corrected chi connectivity index (χ4v) is 4.59. The van der Waals surface area contributed by atoms with Gasteiger partial charge >= 0.3 is 0 Å². The Morgan fingerprint density at radius 3 is 2.31 bits per heavy atom. The summed E-state index contributed by atoms with van der Waals surface area (Å²) in [5.41, 5.74) is 3.73.